The predicted molar refractivity (Wildman–Crippen MR) is 156 cm³/mol. The summed E-state index contributed by atoms with van der Waals surface area (Å²) in [4.78, 5) is 39.6. The van der Waals surface area contributed by atoms with Crippen molar-refractivity contribution in [2.75, 3.05) is 37.2 Å². The Balaban J connectivity index is 1.33. The van der Waals surface area contributed by atoms with E-state index in [1.165, 1.54) is 37.9 Å². The van der Waals surface area contributed by atoms with Gasteiger partial charge in [-0.05, 0) is 56.6 Å². The van der Waals surface area contributed by atoms with Gasteiger partial charge in [-0.1, -0.05) is 36.4 Å². The number of nitrogens with zero attached hydrogens (tertiary/aromatic N) is 5. The predicted octanol–water partition coefficient (Wildman–Crippen LogP) is 3.78. The number of hydrogen-bond acceptors (Lipinski definition) is 9. The SMILES string of the molecule is CC(=O)Nc1ccc(-c2nc(SCc3cccc(CCC(=O)NCCN4CCCCC4)n3)nc(N)c2C#N)cc1. The third kappa shape index (κ3) is 8.49. The van der Waals surface area contributed by atoms with Gasteiger partial charge in [0.05, 0.1) is 11.4 Å². The number of rotatable bonds is 11. The third-order valence-electron chi connectivity index (χ3n) is 6.53. The Kier molecular flexibility index (Phi) is 10.4. The van der Waals surface area contributed by atoms with E-state index in [0.29, 0.717) is 47.2 Å². The van der Waals surface area contributed by atoms with Crippen LogP contribution < -0.4 is 16.4 Å². The van der Waals surface area contributed by atoms with Gasteiger partial charge in [0.15, 0.2) is 5.16 Å². The molecule has 11 heteroatoms. The van der Waals surface area contributed by atoms with Gasteiger partial charge in [0.1, 0.15) is 17.5 Å². The molecule has 0 aliphatic carbocycles. The molecule has 1 saturated heterocycles. The summed E-state index contributed by atoms with van der Waals surface area (Å²) in [6.45, 7) is 5.27. The van der Waals surface area contributed by atoms with Gasteiger partial charge in [0, 0.05) is 49.1 Å². The number of likely N-dealkylation sites (tertiary alicyclic amines) is 1. The van der Waals surface area contributed by atoms with Crippen molar-refractivity contribution in [3.8, 4) is 17.3 Å². The second kappa shape index (κ2) is 14.4. The maximum atomic E-state index is 12.3. The molecule has 3 aromatic rings. The fourth-order valence-corrected chi connectivity index (χ4v) is 5.27. The summed E-state index contributed by atoms with van der Waals surface area (Å²) in [6, 6.07) is 14.9. The number of nitrogens with two attached hydrogens (primary N) is 1. The molecule has 208 valence electrons. The number of carbonyl (C=O) groups is 2. The molecule has 0 atom stereocenters. The fourth-order valence-electron chi connectivity index (χ4n) is 4.51. The number of amides is 2. The van der Waals surface area contributed by atoms with Gasteiger partial charge in [0.2, 0.25) is 11.8 Å². The highest BCUT2D eigenvalue weighted by Crippen LogP contribution is 2.29. The Bertz CT molecular complexity index is 1370. The lowest BCUT2D eigenvalue weighted by molar-refractivity contribution is -0.121. The number of pyridine rings is 1. The normalized spacial score (nSPS) is 13.4. The van der Waals surface area contributed by atoms with Gasteiger partial charge < -0.3 is 21.3 Å². The standard InChI is InChI=1S/C29H34N8O2S/c1-20(38)33-23-10-8-21(9-11-23)27-25(18-30)28(31)36-29(35-27)40-19-24-7-5-6-22(34-24)12-13-26(39)32-14-17-37-15-3-2-4-16-37/h5-11H,2-4,12-17,19H2,1H3,(H,32,39)(H,33,38)(H2,31,35,36). The Hall–Kier alpha value is -4.01. The highest BCUT2D eigenvalue weighted by molar-refractivity contribution is 7.98. The lowest BCUT2D eigenvalue weighted by Crippen LogP contribution is -2.37. The molecule has 0 spiro atoms. The van der Waals surface area contributed by atoms with E-state index in [-0.39, 0.29) is 23.2 Å². The molecule has 10 nitrogen and oxygen atoms in total. The number of nitriles is 1. The molecule has 1 fully saturated rings. The van der Waals surface area contributed by atoms with Crippen LogP contribution in [-0.2, 0) is 21.8 Å². The molecule has 1 aliphatic heterocycles. The summed E-state index contributed by atoms with van der Waals surface area (Å²) in [5, 5.41) is 15.8. The van der Waals surface area contributed by atoms with Crippen molar-refractivity contribution in [2.24, 2.45) is 0 Å². The van der Waals surface area contributed by atoms with E-state index in [2.05, 4.69) is 31.6 Å². The molecule has 1 aromatic carbocycles. The average molecular weight is 559 g/mol. The van der Waals surface area contributed by atoms with Crippen molar-refractivity contribution in [1.29, 1.82) is 5.26 Å². The van der Waals surface area contributed by atoms with E-state index in [1.807, 2.05) is 18.2 Å². The van der Waals surface area contributed by atoms with Crippen LogP contribution in [0, 0.1) is 11.3 Å². The first kappa shape index (κ1) is 29.0. The number of benzene rings is 1. The van der Waals surface area contributed by atoms with E-state index < -0.39 is 0 Å². The lowest BCUT2D eigenvalue weighted by atomic mass is 10.1. The first-order chi connectivity index (χ1) is 19.4. The first-order valence-electron chi connectivity index (χ1n) is 13.4. The summed E-state index contributed by atoms with van der Waals surface area (Å²) < 4.78 is 0. The topological polar surface area (TPSA) is 150 Å². The smallest absolute Gasteiger partial charge is 0.221 e. The van der Waals surface area contributed by atoms with Crippen LogP contribution in [-0.4, -0.2) is 57.8 Å². The zero-order valence-electron chi connectivity index (χ0n) is 22.7. The Morgan fingerprint density at radius 3 is 2.52 bits per heavy atom. The molecule has 0 bridgehead atoms. The van der Waals surface area contributed by atoms with E-state index in [9.17, 15) is 14.9 Å². The summed E-state index contributed by atoms with van der Waals surface area (Å²) in [7, 11) is 0. The van der Waals surface area contributed by atoms with Crippen molar-refractivity contribution in [2.45, 2.75) is 49.9 Å². The monoisotopic (exact) mass is 558 g/mol. The van der Waals surface area contributed by atoms with Crippen LogP contribution in [0.1, 0.15) is 49.6 Å². The quantitative estimate of drug-likeness (QED) is 0.236. The molecule has 2 aromatic heterocycles. The number of anilines is 2. The van der Waals surface area contributed by atoms with Gasteiger partial charge >= 0.3 is 0 Å². The van der Waals surface area contributed by atoms with Crippen LogP contribution in [0.2, 0.25) is 0 Å². The molecular weight excluding hydrogens is 524 g/mol. The molecule has 1 aliphatic rings. The van der Waals surface area contributed by atoms with Crippen LogP contribution >= 0.6 is 11.8 Å². The number of nitrogen functional groups attached to an aromatic ring is 1. The van der Waals surface area contributed by atoms with Gasteiger partial charge in [-0.25, -0.2) is 9.97 Å². The third-order valence-corrected chi connectivity index (χ3v) is 7.41. The van der Waals surface area contributed by atoms with Crippen molar-refractivity contribution in [3.05, 3.63) is 59.4 Å². The lowest BCUT2D eigenvalue weighted by Gasteiger charge is -2.26. The highest BCUT2D eigenvalue weighted by Gasteiger charge is 2.15. The molecule has 0 saturated carbocycles. The minimum absolute atomic E-state index is 0.0395. The van der Waals surface area contributed by atoms with E-state index in [4.69, 9.17) is 10.7 Å². The largest absolute Gasteiger partial charge is 0.382 e. The molecular formula is C29H34N8O2S. The van der Waals surface area contributed by atoms with Crippen molar-refractivity contribution in [3.63, 3.8) is 0 Å². The molecule has 3 heterocycles. The summed E-state index contributed by atoms with van der Waals surface area (Å²) >= 11 is 1.37. The Labute approximate surface area is 238 Å². The maximum Gasteiger partial charge on any atom is 0.221 e. The van der Waals surface area contributed by atoms with E-state index in [1.54, 1.807) is 24.3 Å². The second-order valence-electron chi connectivity index (χ2n) is 9.65. The van der Waals surface area contributed by atoms with Crippen LogP contribution in [0.3, 0.4) is 0 Å². The number of hydrogen-bond donors (Lipinski definition) is 3. The number of aryl methyl sites for hydroxylation is 1. The Morgan fingerprint density at radius 1 is 1.05 bits per heavy atom. The molecule has 2 amide bonds. The number of carbonyl (C=O) groups excluding carboxylic acids is 2. The number of nitrogens with one attached hydrogen (secondary N) is 2. The van der Waals surface area contributed by atoms with Gasteiger partial charge in [-0.3, -0.25) is 14.6 Å². The molecule has 4 rings (SSSR count). The summed E-state index contributed by atoms with van der Waals surface area (Å²) in [5.74, 6) is 0.480. The number of piperidine rings is 1. The van der Waals surface area contributed by atoms with Gasteiger partial charge in [0.25, 0.3) is 0 Å². The number of thioether (sulfide) groups is 1. The molecule has 0 radical (unpaired) electrons. The van der Waals surface area contributed by atoms with Gasteiger partial charge in [-0.15, -0.1) is 0 Å². The van der Waals surface area contributed by atoms with E-state index in [0.717, 1.165) is 31.0 Å². The minimum Gasteiger partial charge on any atom is -0.382 e. The minimum atomic E-state index is -0.167. The fraction of sp³-hybridized carbons (Fsp3) is 0.379. The van der Waals surface area contributed by atoms with Crippen LogP contribution in [0.15, 0.2) is 47.6 Å². The van der Waals surface area contributed by atoms with Crippen LogP contribution in [0.5, 0.6) is 0 Å². The van der Waals surface area contributed by atoms with Crippen molar-refractivity contribution >= 4 is 35.1 Å². The number of aromatic nitrogens is 3. The molecule has 0 unspecified atom stereocenters. The van der Waals surface area contributed by atoms with Gasteiger partial charge in [-0.2, -0.15) is 5.26 Å². The highest BCUT2D eigenvalue weighted by atomic mass is 32.2. The Morgan fingerprint density at radius 2 is 1.80 bits per heavy atom. The van der Waals surface area contributed by atoms with Crippen LogP contribution in [0.4, 0.5) is 11.5 Å². The van der Waals surface area contributed by atoms with E-state index >= 15 is 0 Å². The maximum absolute atomic E-state index is 12.3. The second-order valence-corrected chi connectivity index (χ2v) is 10.6. The summed E-state index contributed by atoms with van der Waals surface area (Å²) in [5.41, 5.74) is 9.76. The zero-order chi connectivity index (χ0) is 28.3. The van der Waals surface area contributed by atoms with Crippen molar-refractivity contribution < 1.29 is 9.59 Å². The first-order valence-corrected chi connectivity index (χ1v) is 14.4. The molecule has 4 N–H and O–H groups in total. The van der Waals surface area contributed by atoms with Crippen molar-refractivity contribution in [1.82, 2.24) is 25.2 Å². The molecule has 40 heavy (non-hydrogen) atoms. The van der Waals surface area contributed by atoms with Crippen LogP contribution in [0.25, 0.3) is 11.3 Å². The summed E-state index contributed by atoms with van der Waals surface area (Å²) in [6.07, 6.45) is 4.75. The zero-order valence-corrected chi connectivity index (χ0v) is 23.5. The average Bonchev–Trinajstić information content (AvgIpc) is 2.95.